The number of hydrogen-bond acceptors (Lipinski definition) is 3. The van der Waals surface area contributed by atoms with E-state index in [1.807, 2.05) is 25.1 Å². The number of Topliss-reactive ketones (excluding diaryl/α,β-unsaturated/α-hetero) is 1. The number of anilines is 1. The van der Waals surface area contributed by atoms with E-state index in [4.69, 9.17) is 5.73 Å². The van der Waals surface area contributed by atoms with Gasteiger partial charge in [0.2, 0.25) is 0 Å². The lowest BCUT2D eigenvalue weighted by Gasteiger charge is -2.18. The highest BCUT2D eigenvalue weighted by Gasteiger charge is 2.32. The van der Waals surface area contributed by atoms with Crippen LogP contribution < -0.4 is 11.1 Å². The lowest BCUT2D eigenvalue weighted by molar-refractivity contribution is -0.137. The smallest absolute Gasteiger partial charge is 0.358 e. The molecule has 3 rings (SSSR count). The molecule has 1 aliphatic carbocycles. The Hall–Kier alpha value is -3.11. The summed E-state index contributed by atoms with van der Waals surface area (Å²) in [5.41, 5.74) is 9.37. The van der Waals surface area contributed by atoms with E-state index < -0.39 is 17.8 Å². The molecule has 2 aromatic rings. The molecule has 4 nitrogen and oxygen atoms in total. The van der Waals surface area contributed by atoms with Crippen molar-refractivity contribution in [2.75, 3.05) is 12.4 Å². The topological polar surface area (TPSA) is 59.5 Å². The Labute approximate surface area is 167 Å². The summed E-state index contributed by atoms with van der Waals surface area (Å²) in [5.74, 6) is -0.0999. The van der Waals surface area contributed by atoms with Crippen LogP contribution in [0.2, 0.25) is 0 Å². The minimum atomic E-state index is -4.44. The normalized spacial score (nSPS) is 15.2. The summed E-state index contributed by atoms with van der Waals surface area (Å²) < 4.78 is 38.9. The summed E-state index contributed by atoms with van der Waals surface area (Å²) in [6.45, 7) is 1.88. The van der Waals surface area contributed by atoms with Gasteiger partial charge in [0.25, 0.3) is 7.05 Å². The van der Waals surface area contributed by atoms with E-state index >= 15 is 0 Å². The molecule has 3 N–H and O–H groups in total. The standard InChI is InChI=1S/C22H20F3N3O/c1-13-10-14(12-27-2)6-7-17(13)21(26)20-18(8-9-19(20)29)28-16-5-3-4-15(11-16)22(23,24)25/h3-7,10-11,21H,8-9,26H2,1-2H3/p+1. The van der Waals surface area contributed by atoms with Crippen molar-refractivity contribution in [3.05, 3.63) is 80.8 Å². The van der Waals surface area contributed by atoms with Gasteiger partial charge in [0.15, 0.2) is 5.78 Å². The summed E-state index contributed by atoms with van der Waals surface area (Å²) in [6, 6.07) is 12.6. The molecule has 1 unspecified atom stereocenters. The minimum absolute atomic E-state index is 0.0999. The number of rotatable bonds is 4. The fourth-order valence-corrected chi connectivity index (χ4v) is 3.49. The molecule has 1 atom stereocenters. The average Bonchev–Trinajstić information content (AvgIpc) is 3.01. The molecule has 0 heterocycles. The molecule has 0 spiro atoms. The molecule has 7 heteroatoms. The first-order valence-electron chi connectivity index (χ1n) is 9.12. The third-order valence-electron chi connectivity index (χ3n) is 4.87. The number of nitrogens with one attached hydrogen (secondary N) is 1. The lowest BCUT2D eigenvalue weighted by atomic mass is 9.93. The van der Waals surface area contributed by atoms with Crippen molar-refractivity contribution in [2.45, 2.75) is 32.0 Å². The number of halogens is 3. The fraction of sp³-hybridized carbons (Fsp3) is 0.273. The molecule has 2 aromatic carbocycles. The van der Waals surface area contributed by atoms with Crippen LogP contribution in [0.3, 0.4) is 0 Å². The Morgan fingerprint density at radius 3 is 2.59 bits per heavy atom. The average molecular weight is 400 g/mol. The highest BCUT2D eigenvalue weighted by atomic mass is 19.4. The van der Waals surface area contributed by atoms with E-state index in [1.165, 1.54) is 12.1 Å². The summed E-state index contributed by atoms with van der Waals surface area (Å²) >= 11 is 0. The largest absolute Gasteiger partial charge is 0.416 e. The number of aryl methyl sites for hydroxylation is 1. The van der Waals surface area contributed by atoms with E-state index in [0.717, 1.165) is 28.8 Å². The second-order valence-electron chi connectivity index (χ2n) is 6.90. The first kappa shape index (κ1) is 20.6. The molecule has 0 fully saturated rings. The molecular formula is C22H21F3N3O+. The Morgan fingerprint density at radius 1 is 1.17 bits per heavy atom. The van der Waals surface area contributed by atoms with Gasteiger partial charge in [-0.15, -0.1) is 0 Å². The van der Waals surface area contributed by atoms with Crippen LogP contribution >= 0.6 is 0 Å². The van der Waals surface area contributed by atoms with E-state index in [-0.39, 0.29) is 17.9 Å². The van der Waals surface area contributed by atoms with Crippen molar-refractivity contribution < 1.29 is 18.0 Å². The van der Waals surface area contributed by atoms with Crippen LogP contribution in [-0.2, 0) is 11.0 Å². The molecule has 0 bridgehead atoms. The Bertz CT molecular complexity index is 1050. The zero-order valence-corrected chi connectivity index (χ0v) is 16.1. The Morgan fingerprint density at radius 2 is 1.93 bits per heavy atom. The maximum Gasteiger partial charge on any atom is 0.416 e. The first-order chi connectivity index (χ1) is 13.7. The minimum Gasteiger partial charge on any atom is -0.358 e. The molecule has 150 valence electrons. The van der Waals surface area contributed by atoms with Crippen molar-refractivity contribution in [1.29, 1.82) is 0 Å². The zero-order valence-electron chi connectivity index (χ0n) is 16.1. The number of alkyl halides is 3. The van der Waals surface area contributed by atoms with Gasteiger partial charge in [0, 0.05) is 23.4 Å². The van der Waals surface area contributed by atoms with Gasteiger partial charge < -0.3 is 11.1 Å². The molecule has 0 saturated carbocycles. The van der Waals surface area contributed by atoms with Gasteiger partial charge in [-0.3, -0.25) is 4.79 Å². The second kappa shape index (κ2) is 8.10. The number of ketones is 1. The number of nitrogens with two attached hydrogens (primary N) is 1. The fourth-order valence-electron chi connectivity index (χ4n) is 3.49. The van der Waals surface area contributed by atoms with Crippen LogP contribution in [0.5, 0.6) is 0 Å². The van der Waals surface area contributed by atoms with Gasteiger partial charge >= 0.3 is 12.2 Å². The van der Waals surface area contributed by atoms with E-state index in [2.05, 4.69) is 16.2 Å². The van der Waals surface area contributed by atoms with Crippen LogP contribution in [0, 0.1) is 13.0 Å². The van der Waals surface area contributed by atoms with Crippen molar-refractivity contribution in [1.82, 2.24) is 0 Å². The first-order valence-corrected chi connectivity index (χ1v) is 9.12. The van der Waals surface area contributed by atoms with Crippen LogP contribution in [0.25, 0.3) is 4.85 Å². The molecule has 0 saturated heterocycles. The van der Waals surface area contributed by atoms with Crippen LogP contribution in [0.1, 0.15) is 41.1 Å². The van der Waals surface area contributed by atoms with E-state index in [0.29, 0.717) is 17.7 Å². The predicted molar refractivity (Wildman–Crippen MR) is 107 cm³/mol. The van der Waals surface area contributed by atoms with Gasteiger partial charge in [-0.05, 0) is 54.8 Å². The van der Waals surface area contributed by atoms with Crippen molar-refractivity contribution in [3.8, 4) is 6.07 Å². The van der Waals surface area contributed by atoms with Gasteiger partial charge in [0.05, 0.1) is 11.6 Å². The number of allylic oxidation sites excluding steroid dienone is 1. The molecule has 0 radical (unpaired) electrons. The highest BCUT2D eigenvalue weighted by molar-refractivity contribution is 6.00. The molecule has 0 aromatic heterocycles. The van der Waals surface area contributed by atoms with Crippen molar-refractivity contribution >= 4 is 11.5 Å². The number of carbonyl (C=O) groups excluding carboxylic acids is 1. The van der Waals surface area contributed by atoms with Gasteiger partial charge in [0.1, 0.15) is 5.56 Å². The molecule has 0 amide bonds. The molecule has 29 heavy (non-hydrogen) atoms. The van der Waals surface area contributed by atoms with Crippen molar-refractivity contribution in [2.24, 2.45) is 5.73 Å². The van der Waals surface area contributed by atoms with Gasteiger partial charge in [-0.25, -0.2) is 0 Å². The quantitative estimate of drug-likeness (QED) is 0.755. The summed E-state index contributed by atoms with van der Waals surface area (Å²) in [5, 5.41) is 2.99. The Kier molecular flexibility index (Phi) is 5.76. The summed E-state index contributed by atoms with van der Waals surface area (Å²) in [6.07, 6.45) is -3.75. The number of carbonyl (C=O) groups is 1. The van der Waals surface area contributed by atoms with Crippen LogP contribution in [0.4, 0.5) is 18.9 Å². The van der Waals surface area contributed by atoms with Crippen LogP contribution in [0.15, 0.2) is 53.7 Å². The maximum absolute atomic E-state index is 13.0. The van der Waals surface area contributed by atoms with Crippen LogP contribution in [-0.4, -0.2) is 12.8 Å². The monoisotopic (exact) mass is 400 g/mol. The highest BCUT2D eigenvalue weighted by Crippen LogP contribution is 2.35. The number of benzene rings is 2. The zero-order chi connectivity index (χ0) is 21.2. The SMILES string of the molecule is C[N+]#Cc1ccc(C(N)C2=C(Nc3cccc(C(F)(F)F)c3)CCC2=O)c(C)c1. The Balaban J connectivity index is 1.95. The third-order valence-corrected chi connectivity index (χ3v) is 4.87. The van der Waals surface area contributed by atoms with Crippen molar-refractivity contribution in [3.63, 3.8) is 0 Å². The number of nitrogens with zero attached hydrogens (tertiary/aromatic N) is 1. The van der Waals surface area contributed by atoms with Gasteiger partial charge in [-0.2, -0.15) is 13.2 Å². The third kappa shape index (κ3) is 4.49. The number of hydrogen-bond donors (Lipinski definition) is 2. The summed E-state index contributed by atoms with van der Waals surface area (Å²) in [7, 11) is 1.63. The lowest BCUT2D eigenvalue weighted by Crippen LogP contribution is -2.20. The molecule has 1 aliphatic rings. The second-order valence-corrected chi connectivity index (χ2v) is 6.90. The van der Waals surface area contributed by atoms with Gasteiger partial charge in [-0.1, -0.05) is 17.0 Å². The molecular weight excluding hydrogens is 379 g/mol. The molecule has 0 aliphatic heterocycles. The maximum atomic E-state index is 13.0. The van der Waals surface area contributed by atoms with E-state index in [1.54, 1.807) is 7.05 Å². The van der Waals surface area contributed by atoms with E-state index in [9.17, 15) is 18.0 Å². The summed E-state index contributed by atoms with van der Waals surface area (Å²) in [4.78, 5) is 16.4. The predicted octanol–water partition coefficient (Wildman–Crippen LogP) is 5.05.